The van der Waals surface area contributed by atoms with E-state index in [2.05, 4.69) is 21.2 Å². The van der Waals surface area contributed by atoms with Gasteiger partial charge < -0.3 is 14.6 Å². The second-order valence-corrected chi connectivity index (χ2v) is 9.08. The average Bonchev–Trinajstić information content (AvgIpc) is 2.86. The summed E-state index contributed by atoms with van der Waals surface area (Å²) in [6.07, 6.45) is 1.27. The number of carboxylic acid groups (broad SMARTS) is 1. The lowest BCUT2D eigenvalue weighted by Gasteiger charge is -2.26. The van der Waals surface area contributed by atoms with E-state index in [9.17, 15) is 19.2 Å². The number of benzene rings is 3. The molecule has 188 valence electrons. The van der Waals surface area contributed by atoms with Crippen molar-refractivity contribution in [3.05, 3.63) is 92.4 Å². The summed E-state index contributed by atoms with van der Waals surface area (Å²) in [5, 5.41) is 11.4. The van der Waals surface area contributed by atoms with E-state index in [-0.39, 0.29) is 40.0 Å². The van der Waals surface area contributed by atoms with Crippen LogP contribution in [-0.4, -0.2) is 36.0 Å². The third-order valence-corrected chi connectivity index (χ3v) is 6.14. The van der Waals surface area contributed by atoms with Crippen LogP contribution in [0.2, 0.25) is 5.02 Å². The van der Waals surface area contributed by atoms with Gasteiger partial charge in [-0.2, -0.15) is 0 Å². The maximum Gasteiger partial charge on any atom is 0.335 e. The molecule has 3 aromatic carbocycles. The molecule has 0 aromatic heterocycles. The Balaban J connectivity index is 1.62. The number of nitrogens with zero attached hydrogens (tertiary/aromatic N) is 1. The zero-order valence-electron chi connectivity index (χ0n) is 19.2. The first-order valence-corrected chi connectivity index (χ1v) is 11.8. The van der Waals surface area contributed by atoms with E-state index < -0.39 is 23.8 Å². The summed E-state index contributed by atoms with van der Waals surface area (Å²) >= 11 is 9.82. The molecule has 0 unspecified atom stereocenters. The van der Waals surface area contributed by atoms with Crippen LogP contribution in [0.4, 0.5) is 10.5 Å². The number of methoxy groups -OCH3 is 1. The number of halogens is 2. The second-order valence-electron chi connectivity index (χ2n) is 7.76. The van der Waals surface area contributed by atoms with Crippen LogP contribution in [0.1, 0.15) is 21.5 Å². The molecule has 4 rings (SSSR count). The van der Waals surface area contributed by atoms with Crippen molar-refractivity contribution >= 4 is 63.1 Å². The fourth-order valence-electron chi connectivity index (χ4n) is 3.51. The fraction of sp³-hybridized carbons (Fsp3) is 0.0769. The van der Waals surface area contributed by atoms with Gasteiger partial charge in [0.2, 0.25) is 0 Å². The van der Waals surface area contributed by atoms with Gasteiger partial charge in [-0.05, 0) is 65.7 Å². The molecule has 4 amide bonds. The minimum atomic E-state index is -1.16. The maximum atomic E-state index is 13.1. The summed E-state index contributed by atoms with van der Waals surface area (Å²) in [4.78, 5) is 49.9. The summed E-state index contributed by atoms with van der Waals surface area (Å²) in [6.45, 7) is 0.225. The van der Waals surface area contributed by atoms with Crippen LogP contribution in [0.3, 0.4) is 0 Å². The highest BCUT2D eigenvalue weighted by molar-refractivity contribution is 9.10. The summed E-state index contributed by atoms with van der Waals surface area (Å²) in [7, 11) is 1.43. The summed E-state index contributed by atoms with van der Waals surface area (Å²) in [6, 6.07) is 14.7. The molecule has 37 heavy (non-hydrogen) atoms. The molecule has 1 saturated heterocycles. The van der Waals surface area contributed by atoms with Crippen molar-refractivity contribution in [1.29, 1.82) is 0 Å². The molecule has 9 nitrogen and oxygen atoms in total. The van der Waals surface area contributed by atoms with Crippen molar-refractivity contribution in [2.75, 3.05) is 12.0 Å². The van der Waals surface area contributed by atoms with Crippen molar-refractivity contribution in [2.45, 2.75) is 6.61 Å². The van der Waals surface area contributed by atoms with Gasteiger partial charge in [0.25, 0.3) is 11.8 Å². The second kappa shape index (κ2) is 10.9. The Bertz CT molecular complexity index is 1440. The number of ether oxygens (including phenoxy) is 2. The van der Waals surface area contributed by atoms with Crippen molar-refractivity contribution in [3.63, 3.8) is 0 Å². The number of nitrogens with one attached hydrogen (secondary N) is 1. The maximum absolute atomic E-state index is 13.1. The van der Waals surface area contributed by atoms with Gasteiger partial charge in [0, 0.05) is 4.47 Å². The molecule has 0 bridgehead atoms. The number of amides is 4. The third kappa shape index (κ3) is 5.65. The lowest BCUT2D eigenvalue weighted by molar-refractivity contribution is -0.122. The van der Waals surface area contributed by atoms with Crippen LogP contribution in [0.25, 0.3) is 6.08 Å². The normalized spacial score (nSPS) is 14.5. The Labute approximate surface area is 224 Å². The van der Waals surface area contributed by atoms with E-state index in [1.54, 1.807) is 6.07 Å². The lowest BCUT2D eigenvalue weighted by atomic mass is 10.1. The molecular weight excluding hydrogens is 568 g/mol. The number of imide groups is 2. The third-order valence-electron chi connectivity index (χ3n) is 5.33. The van der Waals surface area contributed by atoms with Crippen LogP contribution in [0, 0.1) is 0 Å². The zero-order chi connectivity index (χ0) is 26.7. The van der Waals surface area contributed by atoms with Crippen molar-refractivity contribution in [3.8, 4) is 11.5 Å². The van der Waals surface area contributed by atoms with E-state index in [4.69, 9.17) is 26.2 Å². The number of carbonyl (C=O) groups excluding carboxylic acids is 3. The fourth-order valence-corrected chi connectivity index (χ4v) is 4.05. The van der Waals surface area contributed by atoms with Gasteiger partial charge in [-0.1, -0.05) is 39.7 Å². The zero-order valence-corrected chi connectivity index (χ0v) is 21.5. The Morgan fingerprint density at radius 2 is 1.76 bits per heavy atom. The van der Waals surface area contributed by atoms with Gasteiger partial charge in [-0.25, -0.2) is 14.5 Å². The first-order chi connectivity index (χ1) is 17.7. The number of barbiturate groups is 1. The van der Waals surface area contributed by atoms with E-state index >= 15 is 0 Å². The molecule has 1 heterocycles. The van der Waals surface area contributed by atoms with Crippen molar-refractivity contribution in [1.82, 2.24) is 5.32 Å². The predicted octanol–water partition coefficient (Wildman–Crippen LogP) is 5.05. The molecule has 0 atom stereocenters. The predicted molar refractivity (Wildman–Crippen MR) is 139 cm³/mol. The largest absolute Gasteiger partial charge is 0.493 e. The van der Waals surface area contributed by atoms with Gasteiger partial charge in [0.15, 0.2) is 11.5 Å². The highest BCUT2D eigenvalue weighted by atomic mass is 79.9. The molecule has 0 radical (unpaired) electrons. The number of carboxylic acids is 1. The number of aromatic carboxylic acids is 1. The molecule has 3 aromatic rings. The first kappa shape index (κ1) is 25.9. The lowest BCUT2D eigenvalue weighted by Crippen LogP contribution is -2.54. The van der Waals surface area contributed by atoms with E-state index in [1.165, 1.54) is 43.5 Å². The van der Waals surface area contributed by atoms with Crippen molar-refractivity contribution < 1.29 is 33.8 Å². The van der Waals surface area contributed by atoms with Gasteiger partial charge in [-0.15, -0.1) is 0 Å². The number of hydrogen-bond donors (Lipinski definition) is 2. The topological polar surface area (TPSA) is 122 Å². The number of anilines is 1. The highest BCUT2D eigenvalue weighted by Gasteiger charge is 2.37. The van der Waals surface area contributed by atoms with Crippen molar-refractivity contribution in [2.24, 2.45) is 0 Å². The molecule has 1 fully saturated rings. The molecular formula is C26H18BrClN2O7. The summed E-state index contributed by atoms with van der Waals surface area (Å²) in [5.41, 5.74) is 0.997. The van der Waals surface area contributed by atoms with E-state index in [0.29, 0.717) is 5.56 Å². The van der Waals surface area contributed by atoms with Gasteiger partial charge in [-0.3, -0.25) is 14.9 Å². The number of carbonyl (C=O) groups is 4. The molecule has 11 heteroatoms. The van der Waals surface area contributed by atoms with Gasteiger partial charge in [0.1, 0.15) is 12.2 Å². The Morgan fingerprint density at radius 1 is 1.08 bits per heavy atom. The minimum Gasteiger partial charge on any atom is -0.493 e. The van der Waals surface area contributed by atoms with E-state index in [0.717, 1.165) is 14.9 Å². The van der Waals surface area contributed by atoms with Crippen LogP contribution in [-0.2, 0) is 16.2 Å². The average molecular weight is 586 g/mol. The minimum absolute atomic E-state index is 0.0235. The molecule has 0 aliphatic carbocycles. The summed E-state index contributed by atoms with van der Waals surface area (Å²) < 4.78 is 12.2. The quantitative estimate of drug-likeness (QED) is 0.294. The van der Waals surface area contributed by atoms with Crippen LogP contribution in [0.5, 0.6) is 11.5 Å². The first-order valence-electron chi connectivity index (χ1n) is 10.7. The Kier molecular flexibility index (Phi) is 7.61. The van der Waals surface area contributed by atoms with Gasteiger partial charge in [0.05, 0.1) is 23.4 Å². The molecule has 1 aliphatic rings. The molecule has 0 spiro atoms. The molecule has 2 N–H and O–H groups in total. The van der Waals surface area contributed by atoms with Gasteiger partial charge >= 0.3 is 12.0 Å². The van der Waals surface area contributed by atoms with Crippen LogP contribution < -0.4 is 19.7 Å². The van der Waals surface area contributed by atoms with E-state index in [1.807, 2.05) is 24.3 Å². The highest BCUT2D eigenvalue weighted by Crippen LogP contribution is 2.38. The number of rotatable bonds is 7. The molecule has 0 saturated carbocycles. The number of hydrogen-bond acceptors (Lipinski definition) is 6. The number of urea groups is 1. The Morgan fingerprint density at radius 3 is 2.38 bits per heavy atom. The molecule has 1 aliphatic heterocycles. The Hall–Kier alpha value is -4.15. The standard InChI is InChI=1S/C26H18BrClN2O7/c1-36-21-12-15(11-20(28)22(21)37-13-14-2-6-17(27)7-3-14)10-19-23(31)29-26(35)30(24(19)32)18-8-4-16(5-9-18)25(33)34/h2-12H,13H2,1H3,(H,33,34)(H,29,31,35)/b19-10+. The van der Waals surface area contributed by atoms with Crippen LogP contribution in [0.15, 0.2) is 70.7 Å². The summed E-state index contributed by atoms with van der Waals surface area (Å²) in [5.74, 6) is -2.38. The van der Waals surface area contributed by atoms with Crippen LogP contribution >= 0.6 is 27.5 Å². The monoisotopic (exact) mass is 584 g/mol. The smallest absolute Gasteiger partial charge is 0.335 e. The SMILES string of the molecule is COc1cc(/C=C2\C(=O)NC(=O)N(c3ccc(C(=O)O)cc3)C2=O)cc(Cl)c1OCc1ccc(Br)cc1.